The van der Waals surface area contributed by atoms with E-state index in [1.54, 1.807) is 41.8 Å². The Balaban J connectivity index is 1.62. The van der Waals surface area contributed by atoms with E-state index < -0.39 is 18.2 Å². The van der Waals surface area contributed by atoms with Gasteiger partial charge >= 0.3 is 5.97 Å². The lowest BCUT2D eigenvalue weighted by molar-refractivity contribution is 0.0600. The number of methoxy groups -OCH3 is 1. The summed E-state index contributed by atoms with van der Waals surface area (Å²) in [5.74, 6) is -0.984. The lowest BCUT2D eigenvalue weighted by atomic mass is 9.96. The van der Waals surface area contributed by atoms with Crippen molar-refractivity contribution < 1.29 is 22.7 Å². The predicted molar refractivity (Wildman–Crippen MR) is 170 cm³/mol. The molecule has 0 amide bonds. The molecule has 10 heteroatoms. The number of hydrogen-bond donors (Lipinski definition) is 0. The van der Waals surface area contributed by atoms with E-state index in [4.69, 9.17) is 27.9 Å². The summed E-state index contributed by atoms with van der Waals surface area (Å²) in [5.41, 5.74) is 4.53. The van der Waals surface area contributed by atoms with Gasteiger partial charge in [0.15, 0.2) is 0 Å². The highest BCUT2D eigenvalue weighted by Gasteiger charge is 2.26. The first kappa shape index (κ1) is 29.4. The number of rotatable bonds is 7. The molecule has 216 valence electrons. The standard InChI is InChI=1S/C33H20Cl2F3NO2S2/c1-41-33(40)20-5-11-24(27(35)16-20)18-3-2-4-19(15-18)30-29(25-13-14-42-31(25)32(37)38)26-17-22(36)8-12-28(26)39(30)43-23-9-6-21(34)7-10-23/h2-17,32H,1H3. The van der Waals surface area contributed by atoms with Crippen LogP contribution in [-0.2, 0) is 4.74 Å². The van der Waals surface area contributed by atoms with E-state index in [1.165, 1.54) is 37.3 Å². The Labute approximate surface area is 263 Å². The summed E-state index contributed by atoms with van der Waals surface area (Å²) < 4.78 is 50.0. The van der Waals surface area contributed by atoms with Gasteiger partial charge in [0.2, 0.25) is 0 Å². The number of ether oxygens (including phenoxy) is 1. The van der Waals surface area contributed by atoms with Crippen LogP contribution in [0.25, 0.3) is 44.4 Å². The lowest BCUT2D eigenvalue weighted by Gasteiger charge is -2.14. The molecule has 0 unspecified atom stereocenters. The highest BCUT2D eigenvalue weighted by Crippen LogP contribution is 2.48. The summed E-state index contributed by atoms with van der Waals surface area (Å²) >= 11 is 15.1. The maximum atomic E-state index is 14.8. The van der Waals surface area contributed by atoms with Gasteiger partial charge in [-0.2, -0.15) is 0 Å². The summed E-state index contributed by atoms with van der Waals surface area (Å²) in [7, 11) is 1.30. The molecule has 6 aromatic rings. The number of aromatic nitrogens is 1. The lowest BCUT2D eigenvalue weighted by Crippen LogP contribution is -2.00. The molecule has 0 aliphatic rings. The maximum absolute atomic E-state index is 14.8. The molecule has 43 heavy (non-hydrogen) atoms. The van der Waals surface area contributed by atoms with Crippen molar-refractivity contribution >= 4 is 63.4 Å². The maximum Gasteiger partial charge on any atom is 0.337 e. The monoisotopic (exact) mass is 653 g/mol. The summed E-state index contributed by atoms with van der Waals surface area (Å²) in [5, 5.41) is 3.04. The first-order chi connectivity index (χ1) is 20.7. The predicted octanol–water partition coefficient (Wildman–Crippen LogP) is 11.4. The largest absolute Gasteiger partial charge is 0.465 e. The molecular formula is C33H20Cl2F3NO2S2. The minimum Gasteiger partial charge on any atom is -0.465 e. The molecule has 0 saturated heterocycles. The van der Waals surface area contributed by atoms with E-state index in [9.17, 15) is 18.0 Å². The smallest absolute Gasteiger partial charge is 0.337 e. The molecule has 6 rings (SSSR count). The van der Waals surface area contributed by atoms with Gasteiger partial charge in [-0.05, 0) is 89.6 Å². The Hall–Kier alpha value is -3.69. The van der Waals surface area contributed by atoms with Gasteiger partial charge in [0, 0.05) is 42.6 Å². The van der Waals surface area contributed by atoms with Crippen molar-refractivity contribution in [2.24, 2.45) is 0 Å². The Morgan fingerprint density at radius 2 is 1.67 bits per heavy atom. The fraction of sp³-hybridized carbons (Fsp3) is 0.0606. The molecule has 3 nitrogen and oxygen atoms in total. The van der Waals surface area contributed by atoms with Gasteiger partial charge in [0.1, 0.15) is 5.82 Å². The van der Waals surface area contributed by atoms with Gasteiger partial charge in [-0.25, -0.2) is 18.0 Å². The third kappa shape index (κ3) is 5.68. The van der Waals surface area contributed by atoms with Crippen LogP contribution in [0.1, 0.15) is 21.7 Å². The minimum atomic E-state index is -2.71. The van der Waals surface area contributed by atoms with Crippen LogP contribution in [-0.4, -0.2) is 17.1 Å². The Bertz CT molecular complexity index is 1990. The molecule has 2 heterocycles. The summed E-state index contributed by atoms with van der Waals surface area (Å²) in [6, 6.07) is 25.7. The molecule has 0 aliphatic carbocycles. The number of hydrogen-bond acceptors (Lipinski definition) is 4. The Kier molecular flexibility index (Phi) is 8.29. The SMILES string of the molecule is COC(=O)c1ccc(-c2cccc(-c3c(-c4ccsc4C(F)F)c4cc(F)ccc4n3Sc3ccc(Cl)cc3)c2)c(Cl)c1. The number of fused-ring (bicyclic) bond motifs is 1. The summed E-state index contributed by atoms with van der Waals surface area (Å²) in [4.78, 5) is 12.8. The number of nitrogens with zero attached hydrogens (tertiary/aromatic N) is 1. The molecule has 0 aliphatic heterocycles. The molecular weight excluding hydrogens is 634 g/mol. The number of carbonyl (C=O) groups is 1. The average molecular weight is 655 g/mol. The fourth-order valence-electron chi connectivity index (χ4n) is 4.99. The third-order valence-electron chi connectivity index (χ3n) is 6.90. The molecule has 0 radical (unpaired) electrons. The second kappa shape index (κ2) is 12.1. The van der Waals surface area contributed by atoms with Crippen LogP contribution in [0.2, 0.25) is 10.0 Å². The van der Waals surface area contributed by atoms with E-state index >= 15 is 0 Å². The van der Waals surface area contributed by atoms with Crippen LogP contribution < -0.4 is 0 Å². The van der Waals surface area contributed by atoms with E-state index in [0.717, 1.165) is 21.8 Å². The van der Waals surface area contributed by atoms with Crippen LogP contribution in [0.15, 0.2) is 101 Å². The topological polar surface area (TPSA) is 31.2 Å². The van der Waals surface area contributed by atoms with Crippen molar-refractivity contribution in [1.29, 1.82) is 0 Å². The highest BCUT2D eigenvalue weighted by molar-refractivity contribution is 7.98. The van der Waals surface area contributed by atoms with E-state index in [0.29, 0.717) is 54.5 Å². The van der Waals surface area contributed by atoms with Crippen molar-refractivity contribution in [3.8, 4) is 33.5 Å². The van der Waals surface area contributed by atoms with E-state index in [-0.39, 0.29) is 4.88 Å². The van der Waals surface area contributed by atoms with Gasteiger partial charge < -0.3 is 4.74 Å². The van der Waals surface area contributed by atoms with Crippen LogP contribution >= 0.6 is 46.5 Å². The van der Waals surface area contributed by atoms with Gasteiger partial charge in [-0.3, -0.25) is 3.97 Å². The number of benzene rings is 4. The molecule has 4 aromatic carbocycles. The van der Waals surface area contributed by atoms with Crippen LogP contribution in [0, 0.1) is 5.82 Å². The second-order valence-electron chi connectivity index (χ2n) is 9.49. The average Bonchev–Trinajstić information content (AvgIpc) is 3.60. The number of alkyl halides is 2. The van der Waals surface area contributed by atoms with E-state index in [1.807, 2.05) is 40.4 Å². The molecule has 0 spiro atoms. The van der Waals surface area contributed by atoms with Gasteiger partial charge in [0.05, 0.1) is 28.8 Å². The zero-order valence-electron chi connectivity index (χ0n) is 22.3. The number of halogens is 5. The molecule has 2 aromatic heterocycles. The van der Waals surface area contributed by atoms with Crippen LogP contribution in [0.5, 0.6) is 0 Å². The van der Waals surface area contributed by atoms with Gasteiger partial charge in [0.25, 0.3) is 6.43 Å². The molecule has 0 bridgehead atoms. The number of carbonyl (C=O) groups excluding carboxylic acids is 1. The molecule has 0 atom stereocenters. The molecule has 0 N–H and O–H groups in total. The quantitative estimate of drug-likeness (QED) is 0.161. The van der Waals surface area contributed by atoms with Crippen LogP contribution in [0.4, 0.5) is 13.2 Å². The van der Waals surface area contributed by atoms with Crippen molar-refractivity contribution in [2.75, 3.05) is 7.11 Å². The first-order valence-electron chi connectivity index (χ1n) is 12.9. The van der Waals surface area contributed by atoms with Crippen molar-refractivity contribution in [2.45, 2.75) is 11.3 Å². The summed E-state index contributed by atoms with van der Waals surface area (Å²) in [6.45, 7) is 0. The zero-order valence-corrected chi connectivity index (χ0v) is 25.4. The first-order valence-corrected chi connectivity index (χ1v) is 15.3. The number of esters is 1. The van der Waals surface area contributed by atoms with Gasteiger partial charge in [-0.15, -0.1) is 11.3 Å². The molecule has 0 fully saturated rings. The summed E-state index contributed by atoms with van der Waals surface area (Å²) in [6.07, 6.45) is -2.71. The Morgan fingerprint density at radius 3 is 2.40 bits per heavy atom. The Morgan fingerprint density at radius 1 is 0.907 bits per heavy atom. The highest BCUT2D eigenvalue weighted by atomic mass is 35.5. The van der Waals surface area contributed by atoms with E-state index in [2.05, 4.69) is 0 Å². The van der Waals surface area contributed by atoms with Crippen molar-refractivity contribution in [3.05, 3.63) is 123 Å². The minimum absolute atomic E-state index is 0.0985. The van der Waals surface area contributed by atoms with Crippen molar-refractivity contribution in [3.63, 3.8) is 0 Å². The van der Waals surface area contributed by atoms with Crippen LogP contribution in [0.3, 0.4) is 0 Å². The van der Waals surface area contributed by atoms with Gasteiger partial charge in [-0.1, -0.05) is 47.5 Å². The fourth-order valence-corrected chi connectivity index (χ4v) is 7.17. The third-order valence-corrected chi connectivity index (χ3v) is 9.43. The van der Waals surface area contributed by atoms with Crippen molar-refractivity contribution in [1.82, 2.24) is 3.97 Å². The number of thiophene rings is 1. The molecule has 0 saturated carbocycles. The second-order valence-corrected chi connectivity index (χ2v) is 12.3. The zero-order chi connectivity index (χ0) is 30.2. The normalized spacial score (nSPS) is 11.4.